The van der Waals surface area contributed by atoms with Crippen molar-refractivity contribution in [1.82, 2.24) is 19.7 Å². The number of para-hydroxylation sites is 2. The largest absolute Gasteiger partial charge is 0.488 e. The van der Waals surface area contributed by atoms with Crippen molar-refractivity contribution in [2.75, 3.05) is 0 Å². The van der Waals surface area contributed by atoms with Gasteiger partial charge < -0.3 is 9.30 Å². The molecule has 7 nitrogen and oxygen atoms in total. The molecule has 2 aliphatic rings. The van der Waals surface area contributed by atoms with Gasteiger partial charge in [-0.15, -0.1) is 0 Å². The Hall–Kier alpha value is -4.46. The molecule has 38 heavy (non-hydrogen) atoms. The average molecular weight is 509 g/mol. The molecule has 3 heterocycles. The molecule has 190 valence electrons. The number of H-pyrrole nitrogens is 1. The molecule has 2 aromatic heterocycles. The van der Waals surface area contributed by atoms with Crippen molar-refractivity contribution in [2.24, 2.45) is 0 Å². The zero-order chi connectivity index (χ0) is 25.8. The second-order valence-electron chi connectivity index (χ2n) is 10.0. The lowest BCUT2D eigenvalue weighted by atomic mass is 9.84. The number of rotatable bonds is 4. The predicted molar refractivity (Wildman–Crippen MR) is 141 cm³/mol. The standard InChI is InChI=1S/C30H25FN4O3/c1-17(28-33-30(36)38-34-28)27-22-11-9-18(13-20(22)16-37-26-14-21(31)10-12-23(26)27)15-35-25-8-3-2-7-24(25)32-29(35)19-5-4-6-19/h2-3,7-14,19H,4-6,15-16H2,1H3,(H,33,34,36)/b27-17+. The first kappa shape index (κ1) is 22.7. The van der Waals surface area contributed by atoms with Crippen LogP contribution in [0.25, 0.3) is 22.2 Å². The summed E-state index contributed by atoms with van der Waals surface area (Å²) in [6.07, 6.45) is 3.60. The lowest BCUT2D eigenvalue weighted by molar-refractivity contribution is 0.305. The third-order valence-electron chi connectivity index (χ3n) is 7.70. The van der Waals surface area contributed by atoms with Crippen molar-refractivity contribution >= 4 is 22.2 Å². The Labute approximate surface area is 217 Å². The van der Waals surface area contributed by atoms with Crippen molar-refractivity contribution in [2.45, 2.75) is 45.3 Å². The Morgan fingerprint density at radius 3 is 2.74 bits per heavy atom. The van der Waals surface area contributed by atoms with E-state index in [-0.39, 0.29) is 12.4 Å². The predicted octanol–water partition coefficient (Wildman–Crippen LogP) is 6.04. The first-order valence-electron chi connectivity index (χ1n) is 12.8. The normalized spacial score (nSPS) is 16.4. The fraction of sp³-hybridized carbons (Fsp3) is 0.233. The Kier molecular flexibility index (Phi) is 5.28. The van der Waals surface area contributed by atoms with Gasteiger partial charge in [-0.3, -0.25) is 9.51 Å². The minimum Gasteiger partial charge on any atom is -0.488 e. The number of benzene rings is 3. The van der Waals surface area contributed by atoms with Gasteiger partial charge in [0.15, 0.2) is 5.82 Å². The topological polar surface area (TPSA) is 85.9 Å². The third kappa shape index (κ3) is 3.75. The van der Waals surface area contributed by atoms with Crippen LogP contribution in [0.2, 0.25) is 0 Å². The van der Waals surface area contributed by atoms with Crippen LogP contribution >= 0.6 is 0 Å². The lowest BCUT2D eigenvalue weighted by Gasteiger charge is -2.26. The van der Waals surface area contributed by atoms with Crippen LogP contribution in [0, 0.1) is 5.82 Å². The number of aromatic nitrogens is 4. The van der Waals surface area contributed by atoms with E-state index in [4.69, 9.17) is 14.2 Å². The van der Waals surface area contributed by atoms with E-state index in [1.54, 1.807) is 6.07 Å². The van der Waals surface area contributed by atoms with Crippen LogP contribution in [0.1, 0.15) is 66.0 Å². The van der Waals surface area contributed by atoms with E-state index < -0.39 is 5.76 Å². The second kappa shape index (κ2) is 8.83. The first-order chi connectivity index (χ1) is 18.5. The summed E-state index contributed by atoms with van der Waals surface area (Å²) in [5.74, 6) is 1.41. The first-order valence-corrected chi connectivity index (χ1v) is 12.8. The van der Waals surface area contributed by atoms with Crippen LogP contribution in [0.3, 0.4) is 0 Å². The van der Waals surface area contributed by atoms with Gasteiger partial charge in [0.05, 0.1) is 11.0 Å². The number of hydrogen-bond acceptors (Lipinski definition) is 5. The maximum atomic E-state index is 14.2. The van der Waals surface area contributed by atoms with E-state index in [1.807, 2.05) is 13.0 Å². The molecule has 0 atom stereocenters. The highest BCUT2D eigenvalue weighted by Crippen LogP contribution is 2.42. The van der Waals surface area contributed by atoms with E-state index in [2.05, 4.69) is 51.1 Å². The van der Waals surface area contributed by atoms with Gasteiger partial charge in [0.1, 0.15) is 24.0 Å². The number of nitrogens with one attached hydrogen (secondary N) is 1. The van der Waals surface area contributed by atoms with Crippen LogP contribution in [0.5, 0.6) is 5.75 Å². The summed E-state index contributed by atoms with van der Waals surface area (Å²) in [6, 6.07) is 19.1. The number of hydrogen-bond donors (Lipinski definition) is 1. The third-order valence-corrected chi connectivity index (χ3v) is 7.70. The maximum absolute atomic E-state index is 14.2. The SMILES string of the molecule is C/C(=C1/c2ccc(Cn3c(C4CCC4)nc4ccccc43)cc2COc2cc(F)ccc21)c1noc(=O)[nH]1. The summed E-state index contributed by atoms with van der Waals surface area (Å²) in [6.45, 7) is 2.84. The fourth-order valence-electron chi connectivity index (χ4n) is 5.57. The number of ether oxygens (including phenoxy) is 1. The van der Waals surface area contributed by atoms with E-state index in [0.717, 1.165) is 44.7 Å². The van der Waals surface area contributed by atoms with Crippen molar-refractivity contribution in [3.63, 3.8) is 0 Å². The van der Waals surface area contributed by atoms with E-state index in [1.165, 1.54) is 31.4 Å². The molecule has 1 aliphatic heterocycles. The Morgan fingerprint density at radius 2 is 1.95 bits per heavy atom. The highest BCUT2D eigenvalue weighted by molar-refractivity contribution is 5.99. The smallest absolute Gasteiger partial charge is 0.439 e. The van der Waals surface area contributed by atoms with Gasteiger partial charge in [-0.2, -0.15) is 0 Å². The van der Waals surface area contributed by atoms with Gasteiger partial charge >= 0.3 is 5.76 Å². The molecule has 0 unspecified atom stereocenters. The Balaban J connectivity index is 1.35. The average Bonchev–Trinajstić information content (AvgIpc) is 3.43. The van der Waals surface area contributed by atoms with Gasteiger partial charge in [0.25, 0.3) is 0 Å². The highest BCUT2D eigenvalue weighted by Gasteiger charge is 2.27. The number of imidazole rings is 1. The molecule has 0 bridgehead atoms. The molecular formula is C30H25FN4O3. The number of aromatic amines is 1. The quantitative estimate of drug-likeness (QED) is 0.320. The monoisotopic (exact) mass is 508 g/mol. The van der Waals surface area contributed by atoms with Crippen molar-refractivity contribution in [3.05, 3.63) is 111 Å². The van der Waals surface area contributed by atoms with Gasteiger partial charge in [-0.05, 0) is 72.4 Å². The van der Waals surface area contributed by atoms with E-state index in [0.29, 0.717) is 29.6 Å². The summed E-state index contributed by atoms with van der Waals surface area (Å²) in [7, 11) is 0. The van der Waals surface area contributed by atoms with Gasteiger partial charge in [0, 0.05) is 29.7 Å². The lowest BCUT2D eigenvalue weighted by Crippen LogP contribution is -2.16. The van der Waals surface area contributed by atoms with Crippen LogP contribution in [-0.2, 0) is 13.2 Å². The summed E-state index contributed by atoms with van der Waals surface area (Å²) < 4.78 is 27.4. The molecule has 1 fully saturated rings. The van der Waals surface area contributed by atoms with Crippen LogP contribution in [0.15, 0.2) is 70.0 Å². The Morgan fingerprint density at radius 1 is 1.11 bits per heavy atom. The van der Waals surface area contributed by atoms with Gasteiger partial charge in [0.2, 0.25) is 0 Å². The molecule has 3 aromatic carbocycles. The number of allylic oxidation sites excluding steroid dienone is 1. The number of fused-ring (bicyclic) bond motifs is 3. The van der Waals surface area contributed by atoms with Crippen LogP contribution in [0.4, 0.5) is 4.39 Å². The van der Waals surface area contributed by atoms with Crippen molar-refractivity contribution in [3.8, 4) is 5.75 Å². The molecule has 7 rings (SSSR count). The summed E-state index contributed by atoms with van der Waals surface area (Å²) in [5.41, 5.74) is 7.43. The summed E-state index contributed by atoms with van der Waals surface area (Å²) >= 11 is 0. The van der Waals surface area contributed by atoms with Crippen molar-refractivity contribution in [1.29, 1.82) is 0 Å². The minimum absolute atomic E-state index is 0.284. The summed E-state index contributed by atoms with van der Waals surface area (Å²) in [5, 5.41) is 3.89. The van der Waals surface area contributed by atoms with Gasteiger partial charge in [-0.1, -0.05) is 35.8 Å². The molecule has 1 N–H and O–H groups in total. The second-order valence-corrected chi connectivity index (χ2v) is 10.0. The van der Waals surface area contributed by atoms with E-state index >= 15 is 0 Å². The van der Waals surface area contributed by atoms with Crippen LogP contribution < -0.4 is 10.5 Å². The Bertz CT molecular complexity index is 1790. The molecule has 0 saturated heterocycles. The van der Waals surface area contributed by atoms with E-state index in [9.17, 15) is 9.18 Å². The fourth-order valence-corrected chi connectivity index (χ4v) is 5.57. The molecule has 8 heteroatoms. The molecule has 1 aliphatic carbocycles. The molecule has 1 saturated carbocycles. The molecular weight excluding hydrogens is 483 g/mol. The van der Waals surface area contributed by atoms with Gasteiger partial charge in [-0.25, -0.2) is 14.2 Å². The number of nitrogens with zero attached hydrogens (tertiary/aromatic N) is 3. The minimum atomic E-state index is -0.630. The maximum Gasteiger partial charge on any atom is 0.439 e. The molecule has 5 aromatic rings. The van der Waals surface area contributed by atoms with Crippen molar-refractivity contribution < 1.29 is 13.7 Å². The molecule has 0 radical (unpaired) electrons. The molecule has 0 amide bonds. The van der Waals surface area contributed by atoms with Crippen LogP contribution in [-0.4, -0.2) is 19.7 Å². The molecule has 0 spiro atoms. The summed E-state index contributed by atoms with van der Waals surface area (Å²) in [4.78, 5) is 19.3. The number of halogens is 1. The highest BCUT2D eigenvalue weighted by atomic mass is 19.1. The zero-order valence-electron chi connectivity index (χ0n) is 20.8. The zero-order valence-corrected chi connectivity index (χ0v) is 20.8.